The summed E-state index contributed by atoms with van der Waals surface area (Å²) in [5.74, 6) is 0.456. The van der Waals surface area contributed by atoms with Gasteiger partial charge in [0.25, 0.3) is 5.69 Å². The Morgan fingerprint density at radius 2 is 2.05 bits per heavy atom. The topological polar surface area (TPSA) is 72.6 Å². The molecule has 0 aliphatic rings. The van der Waals surface area contributed by atoms with Crippen molar-refractivity contribution in [2.24, 2.45) is 0 Å². The molecule has 0 radical (unpaired) electrons. The van der Waals surface area contributed by atoms with Crippen LogP contribution in [-0.4, -0.2) is 10.0 Å². The number of aliphatic hydroxyl groups excluding tert-OH is 1. The van der Waals surface area contributed by atoms with Crippen LogP contribution in [0.5, 0.6) is 5.75 Å². The van der Waals surface area contributed by atoms with E-state index in [1.54, 1.807) is 6.92 Å². The van der Waals surface area contributed by atoms with Crippen LogP contribution < -0.4 is 4.74 Å². The predicted octanol–water partition coefficient (Wildman–Crippen LogP) is 3.54. The minimum Gasteiger partial charge on any atom is -0.489 e. The van der Waals surface area contributed by atoms with E-state index in [2.05, 4.69) is 0 Å². The molecule has 0 amide bonds. The van der Waals surface area contributed by atoms with E-state index in [4.69, 9.17) is 4.74 Å². The Morgan fingerprint density at radius 1 is 1.29 bits per heavy atom. The zero-order chi connectivity index (χ0) is 15.4. The van der Waals surface area contributed by atoms with E-state index in [-0.39, 0.29) is 5.69 Å². The van der Waals surface area contributed by atoms with Crippen molar-refractivity contribution < 1.29 is 14.8 Å². The van der Waals surface area contributed by atoms with Crippen LogP contribution in [0.25, 0.3) is 0 Å². The van der Waals surface area contributed by atoms with Crippen molar-refractivity contribution in [3.8, 4) is 5.75 Å². The standard InChI is InChI=1S/C16H17NO4/c1-11-4-3-5-13(8-11)10-21-16-7-6-14(17(19)20)9-15(16)12(2)18/h3-9,12,18H,10H2,1-2H3/t12-/m0/s1. The van der Waals surface area contributed by atoms with Gasteiger partial charge in [0.05, 0.1) is 11.0 Å². The van der Waals surface area contributed by atoms with Gasteiger partial charge in [-0.15, -0.1) is 0 Å². The van der Waals surface area contributed by atoms with Gasteiger partial charge in [-0.1, -0.05) is 29.8 Å². The molecule has 5 heteroatoms. The van der Waals surface area contributed by atoms with E-state index in [0.29, 0.717) is 17.9 Å². The molecule has 0 aliphatic carbocycles. The lowest BCUT2D eigenvalue weighted by Crippen LogP contribution is -2.02. The molecule has 0 saturated heterocycles. The zero-order valence-corrected chi connectivity index (χ0v) is 11.9. The third-order valence-electron chi connectivity index (χ3n) is 3.13. The van der Waals surface area contributed by atoms with Crippen LogP contribution in [0.4, 0.5) is 5.69 Å². The van der Waals surface area contributed by atoms with Crippen molar-refractivity contribution in [1.82, 2.24) is 0 Å². The lowest BCUT2D eigenvalue weighted by Gasteiger charge is -2.13. The maximum atomic E-state index is 10.8. The third kappa shape index (κ3) is 3.79. The van der Waals surface area contributed by atoms with E-state index in [0.717, 1.165) is 11.1 Å². The average molecular weight is 287 g/mol. The number of nitrogens with zero attached hydrogens (tertiary/aromatic N) is 1. The number of nitro benzene ring substituents is 1. The molecule has 0 spiro atoms. The molecule has 21 heavy (non-hydrogen) atoms. The largest absolute Gasteiger partial charge is 0.489 e. The molecule has 1 atom stereocenters. The second kappa shape index (κ2) is 6.37. The van der Waals surface area contributed by atoms with Gasteiger partial charge in [-0.25, -0.2) is 0 Å². The van der Waals surface area contributed by atoms with Crippen LogP contribution in [0.15, 0.2) is 42.5 Å². The molecule has 5 nitrogen and oxygen atoms in total. The minimum absolute atomic E-state index is 0.0613. The van der Waals surface area contributed by atoms with Crippen LogP contribution in [0.3, 0.4) is 0 Å². The lowest BCUT2D eigenvalue weighted by molar-refractivity contribution is -0.385. The first-order valence-electron chi connectivity index (χ1n) is 6.62. The van der Waals surface area contributed by atoms with Crippen molar-refractivity contribution in [3.05, 3.63) is 69.3 Å². The molecular weight excluding hydrogens is 270 g/mol. The van der Waals surface area contributed by atoms with Gasteiger partial charge in [-0.3, -0.25) is 10.1 Å². The fraction of sp³-hybridized carbons (Fsp3) is 0.250. The summed E-state index contributed by atoms with van der Waals surface area (Å²) in [7, 11) is 0. The molecule has 0 heterocycles. The summed E-state index contributed by atoms with van der Waals surface area (Å²) in [6, 6.07) is 12.1. The Labute approximate surface area is 123 Å². The van der Waals surface area contributed by atoms with Crippen LogP contribution in [0.1, 0.15) is 29.7 Å². The number of hydrogen-bond donors (Lipinski definition) is 1. The third-order valence-corrected chi connectivity index (χ3v) is 3.13. The maximum absolute atomic E-state index is 10.8. The normalized spacial score (nSPS) is 12.0. The number of non-ortho nitro benzene ring substituents is 1. The number of ether oxygens (including phenoxy) is 1. The van der Waals surface area contributed by atoms with E-state index in [9.17, 15) is 15.2 Å². The van der Waals surface area contributed by atoms with Crippen LogP contribution in [0, 0.1) is 17.0 Å². The highest BCUT2D eigenvalue weighted by Gasteiger charge is 2.15. The van der Waals surface area contributed by atoms with Crippen LogP contribution in [-0.2, 0) is 6.61 Å². The highest BCUT2D eigenvalue weighted by Crippen LogP contribution is 2.29. The van der Waals surface area contributed by atoms with Gasteiger partial charge < -0.3 is 9.84 Å². The number of benzene rings is 2. The van der Waals surface area contributed by atoms with E-state index >= 15 is 0 Å². The van der Waals surface area contributed by atoms with Crippen LogP contribution in [0.2, 0.25) is 0 Å². The van der Waals surface area contributed by atoms with Gasteiger partial charge >= 0.3 is 0 Å². The van der Waals surface area contributed by atoms with E-state index in [1.807, 2.05) is 31.2 Å². The molecule has 0 bridgehead atoms. The number of nitro groups is 1. The molecule has 0 fully saturated rings. The second-order valence-corrected chi connectivity index (χ2v) is 4.93. The van der Waals surface area contributed by atoms with Crippen molar-refractivity contribution in [2.75, 3.05) is 0 Å². The fourth-order valence-electron chi connectivity index (χ4n) is 2.07. The zero-order valence-electron chi connectivity index (χ0n) is 11.9. The summed E-state index contributed by atoms with van der Waals surface area (Å²) in [5, 5.41) is 20.5. The summed E-state index contributed by atoms with van der Waals surface area (Å²) in [6.07, 6.45) is -0.836. The Kier molecular flexibility index (Phi) is 4.55. The first-order valence-corrected chi connectivity index (χ1v) is 6.62. The SMILES string of the molecule is Cc1cccc(COc2ccc([N+](=O)[O-])cc2[C@H](C)O)c1. The molecule has 2 aromatic carbocycles. The van der Waals surface area contributed by atoms with Gasteiger partial charge in [0.1, 0.15) is 12.4 Å². The molecule has 2 aromatic rings. The molecular formula is C16H17NO4. The summed E-state index contributed by atoms with van der Waals surface area (Å²) in [6.45, 7) is 3.90. The number of hydrogen-bond acceptors (Lipinski definition) is 4. The number of aliphatic hydroxyl groups is 1. The molecule has 110 valence electrons. The Morgan fingerprint density at radius 3 is 2.67 bits per heavy atom. The predicted molar refractivity (Wildman–Crippen MR) is 79.2 cm³/mol. The first kappa shape index (κ1) is 15.0. The van der Waals surface area contributed by atoms with Crippen molar-refractivity contribution in [3.63, 3.8) is 0 Å². The Hall–Kier alpha value is -2.40. The molecule has 0 aliphatic heterocycles. The molecule has 2 rings (SSSR count). The first-order chi connectivity index (χ1) is 9.97. The minimum atomic E-state index is -0.836. The van der Waals surface area contributed by atoms with Gasteiger partial charge in [0.2, 0.25) is 0 Å². The van der Waals surface area contributed by atoms with Crippen molar-refractivity contribution in [2.45, 2.75) is 26.6 Å². The number of aryl methyl sites for hydroxylation is 1. The average Bonchev–Trinajstić information content (AvgIpc) is 2.44. The Balaban J connectivity index is 2.21. The van der Waals surface area contributed by atoms with Gasteiger partial charge in [-0.2, -0.15) is 0 Å². The Bertz CT molecular complexity index is 652. The quantitative estimate of drug-likeness (QED) is 0.674. The lowest BCUT2D eigenvalue weighted by atomic mass is 10.1. The smallest absolute Gasteiger partial charge is 0.270 e. The number of rotatable bonds is 5. The monoisotopic (exact) mass is 287 g/mol. The van der Waals surface area contributed by atoms with Crippen LogP contribution >= 0.6 is 0 Å². The molecule has 0 unspecified atom stereocenters. The van der Waals surface area contributed by atoms with E-state index < -0.39 is 11.0 Å². The molecule has 1 N–H and O–H groups in total. The van der Waals surface area contributed by atoms with Crippen molar-refractivity contribution >= 4 is 5.69 Å². The van der Waals surface area contributed by atoms with Gasteiger partial charge in [0.15, 0.2) is 0 Å². The highest BCUT2D eigenvalue weighted by molar-refractivity contribution is 5.45. The van der Waals surface area contributed by atoms with Gasteiger partial charge in [-0.05, 0) is 25.5 Å². The molecule has 0 saturated carbocycles. The second-order valence-electron chi connectivity index (χ2n) is 4.93. The summed E-state index contributed by atoms with van der Waals surface area (Å²) < 4.78 is 5.69. The summed E-state index contributed by atoms with van der Waals surface area (Å²) in [4.78, 5) is 10.3. The molecule has 0 aromatic heterocycles. The summed E-state index contributed by atoms with van der Waals surface area (Å²) in [5.41, 5.74) is 2.49. The fourth-order valence-corrected chi connectivity index (χ4v) is 2.07. The van der Waals surface area contributed by atoms with E-state index in [1.165, 1.54) is 18.2 Å². The maximum Gasteiger partial charge on any atom is 0.270 e. The summed E-state index contributed by atoms with van der Waals surface area (Å²) >= 11 is 0. The van der Waals surface area contributed by atoms with Crippen molar-refractivity contribution in [1.29, 1.82) is 0 Å². The highest BCUT2D eigenvalue weighted by atomic mass is 16.6. The van der Waals surface area contributed by atoms with Gasteiger partial charge in [0, 0.05) is 17.7 Å².